The minimum Gasteiger partial charge on any atom is -0.459 e. The summed E-state index contributed by atoms with van der Waals surface area (Å²) in [6.07, 6.45) is 0.976. The molecule has 0 fully saturated rings. The molecule has 0 aromatic heterocycles. The van der Waals surface area contributed by atoms with Gasteiger partial charge in [0.2, 0.25) is 0 Å². The van der Waals surface area contributed by atoms with Crippen molar-refractivity contribution in [3.63, 3.8) is 0 Å². The minimum absolute atomic E-state index is 0.0423. The van der Waals surface area contributed by atoms with Crippen molar-refractivity contribution >= 4 is 23.5 Å². The Kier molecular flexibility index (Phi) is 5.13. The number of aliphatic hydroxyl groups is 1. The number of β-amino-alcohol motifs (C(OH)–C–C–N with tert-alkyl or cyclic N) is 1. The van der Waals surface area contributed by atoms with E-state index in [2.05, 4.69) is 5.32 Å². The van der Waals surface area contributed by atoms with Crippen LogP contribution in [0.15, 0.2) is 36.0 Å². The lowest BCUT2D eigenvalue weighted by Crippen LogP contribution is -2.34. The molecule has 2 amide bonds. The smallest absolute Gasteiger partial charge is 0.338 e. The van der Waals surface area contributed by atoms with Gasteiger partial charge in [-0.2, -0.15) is 0 Å². The molecular weight excluding hydrogens is 300 g/mol. The number of benzene rings is 1. The highest BCUT2D eigenvalue weighted by atomic mass is 16.5. The number of hydrogen-bond acceptors (Lipinski definition) is 6. The maximum Gasteiger partial charge on any atom is 0.338 e. The van der Waals surface area contributed by atoms with E-state index in [0.717, 1.165) is 4.90 Å². The third-order valence-electron chi connectivity index (χ3n) is 3.08. The highest BCUT2D eigenvalue weighted by Crippen LogP contribution is 2.18. The fourth-order valence-corrected chi connectivity index (χ4v) is 2.04. The van der Waals surface area contributed by atoms with Gasteiger partial charge in [0, 0.05) is 11.8 Å². The van der Waals surface area contributed by atoms with Gasteiger partial charge in [-0.3, -0.25) is 14.5 Å². The van der Waals surface area contributed by atoms with Crippen LogP contribution in [0.1, 0.15) is 24.2 Å². The molecule has 0 saturated carbocycles. The second-order valence-electron chi connectivity index (χ2n) is 5.23. The third kappa shape index (κ3) is 3.95. The molecule has 1 heterocycles. The van der Waals surface area contributed by atoms with Crippen LogP contribution >= 0.6 is 0 Å². The molecule has 0 spiro atoms. The van der Waals surface area contributed by atoms with Crippen LogP contribution in [-0.4, -0.2) is 47.0 Å². The van der Waals surface area contributed by atoms with Gasteiger partial charge in [0.05, 0.1) is 24.8 Å². The molecule has 0 aliphatic carbocycles. The van der Waals surface area contributed by atoms with Crippen molar-refractivity contribution in [3.8, 4) is 0 Å². The van der Waals surface area contributed by atoms with Gasteiger partial charge in [-0.15, -0.1) is 0 Å². The standard InChI is InChI=1S/C16H18N2O5/c1-10(2)23-16(22)11-3-5-12(6-4-11)17-13-9-14(20)18(7-8-19)15(13)21/h3-6,9-10,17,19H,7-8H2,1-2H3. The summed E-state index contributed by atoms with van der Waals surface area (Å²) in [6, 6.07) is 6.37. The first kappa shape index (κ1) is 16.7. The Labute approximate surface area is 133 Å². The number of ether oxygens (including phenoxy) is 1. The summed E-state index contributed by atoms with van der Waals surface area (Å²) < 4.78 is 5.08. The van der Waals surface area contributed by atoms with E-state index in [0.29, 0.717) is 11.3 Å². The molecule has 0 unspecified atom stereocenters. The van der Waals surface area contributed by atoms with Crippen molar-refractivity contribution in [1.82, 2.24) is 4.90 Å². The zero-order chi connectivity index (χ0) is 17.0. The summed E-state index contributed by atoms with van der Waals surface area (Å²) in [5, 5.41) is 11.7. The van der Waals surface area contributed by atoms with Crippen LogP contribution in [0.4, 0.5) is 5.69 Å². The van der Waals surface area contributed by atoms with E-state index in [-0.39, 0.29) is 25.0 Å². The second-order valence-corrected chi connectivity index (χ2v) is 5.23. The molecule has 0 radical (unpaired) electrons. The summed E-state index contributed by atoms with van der Waals surface area (Å²) in [5.74, 6) is -1.39. The van der Waals surface area contributed by atoms with Gasteiger partial charge >= 0.3 is 5.97 Å². The number of carbonyl (C=O) groups excluding carboxylic acids is 3. The zero-order valence-electron chi connectivity index (χ0n) is 12.9. The highest BCUT2D eigenvalue weighted by Gasteiger charge is 2.30. The Morgan fingerprint density at radius 3 is 2.48 bits per heavy atom. The molecule has 0 saturated heterocycles. The maximum atomic E-state index is 12.0. The van der Waals surface area contributed by atoms with Gasteiger partial charge in [-0.25, -0.2) is 4.79 Å². The average Bonchev–Trinajstić information content (AvgIpc) is 2.75. The first-order chi connectivity index (χ1) is 10.9. The van der Waals surface area contributed by atoms with Gasteiger partial charge < -0.3 is 15.2 Å². The Morgan fingerprint density at radius 2 is 1.91 bits per heavy atom. The number of hydrogen-bond donors (Lipinski definition) is 2. The van der Waals surface area contributed by atoms with Crippen molar-refractivity contribution in [2.24, 2.45) is 0 Å². The van der Waals surface area contributed by atoms with Crippen LogP contribution in [0, 0.1) is 0 Å². The second kappa shape index (κ2) is 7.06. The van der Waals surface area contributed by atoms with Crippen LogP contribution in [0.3, 0.4) is 0 Å². The summed E-state index contributed by atoms with van der Waals surface area (Å²) >= 11 is 0. The van der Waals surface area contributed by atoms with Gasteiger partial charge in [-0.05, 0) is 38.1 Å². The van der Waals surface area contributed by atoms with Crippen molar-refractivity contribution in [2.45, 2.75) is 20.0 Å². The Morgan fingerprint density at radius 1 is 1.26 bits per heavy atom. The van der Waals surface area contributed by atoms with Crippen LogP contribution in [-0.2, 0) is 14.3 Å². The topological polar surface area (TPSA) is 95.9 Å². The molecule has 0 atom stereocenters. The van der Waals surface area contributed by atoms with Gasteiger partial charge in [0.25, 0.3) is 11.8 Å². The van der Waals surface area contributed by atoms with Crippen LogP contribution < -0.4 is 5.32 Å². The molecule has 0 bridgehead atoms. The lowest BCUT2D eigenvalue weighted by molar-refractivity contribution is -0.137. The van der Waals surface area contributed by atoms with E-state index in [1.807, 2.05) is 0 Å². The normalized spacial score (nSPS) is 14.3. The van der Waals surface area contributed by atoms with E-state index in [9.17, 15) is 14.4 Å². The summed E-state index contributed by atoms with van der Waals surface area (Å²) in [4.78, 5) is 36.3. The first-order valence-electron chi connectivity index (χ1n) is 7.19. The van der Waals surface area contributed by atoms with Gasteiger partial charge in [-0.1, -0.05) is 0 Å². The van der Waals surface area contributed by atoms with Gasteiger partial charge in [0.1, 0.15) is 5.70 Å². The highest BCUT2D eigenvalue weighted by molar-refractivity contribution is 6.17. The number of nitrogens with one attached hydrogen (secondary N) is 1. The van der Waals surface area contributed by atoms with E-state index < -0.39 is 17.8 Å². The number of aliphatic hydroxyl groups excluding tert-OH is 1. The van der Waals surface area contributed by atoms with Crippen molar-refractivity contribution in [3.05, 3.63) is 41.6 Å². The number of anilines is 1. The predicted octanol–water partition coefficient (Wildman–Crippen LogP) is 0.909. The van der Waals surface area contributed by atoms with E-state index in [4.69, 9.17) is 9.84 Å². The quantitative estimate of drug-likeness (QED) is 0.598. The van der Waals surface area contributed by atoms with E-state index in [1.165, 1.54) is 6.08 Å². The lowest BCUT2D eigenvalue weighted by Gasteiger charge is -2.13. The molecule has 1 aromatic rings. The first-order valence-corrected chi connectivity index (χ1v) is 7.19. The fraction of sp³-hybridized carbons (Fsp3) is 0.312. The predicted molar refractivity (Wildman–Crippen MR) is 82.5 cm³/mol. The number of amides is 2. The van der Waals surface area contributed by atoms with Crippen molar-refractivity contribution in [2.75, 3.05) is 18.5 Å². The molecule has 7 heteroatoms. The minimum atomic E-state index is -0.493. The molecule has 1 aromatic carbocycles. The molecule has 2 N–H and O–H groups in total. The van der Waals surface area contributed by atoms with Crippen LogP contribution in [0.5, 0.6) is 0 Å². The van der Waals surface area contributed by atoms with Crippen molar-refractivity contribution in [1.29, 1.82) is 0 Å². The fourth-order valence-electron chi connectivity index (χ4n) is 2.04. The number of nitrogens with zero attached hydrogens (tertiary/aromatic N) is 1. The Balaban J connectivity index is 2.04. The maximum absolute atomic E-state index is 12.0. The molecule has 122 valence electrons. The Hall–Kier alpha value is -2.67. The van der Waals surface area contributed by atoms with E-state index >= 15 is 0 Å². The largest absolute Gasteiger partial charge is 0.459 e. The van der Waals surface area contributed by atoms with E-state index in [1.54, 1.807) is 38.1 Å². The molecular formula is C16H18N2O5. The SMILES string of the molecule is CC(C)OC(=O)c1ccc(NC2=CC(=O)N(CCO)C2=O)cc1. The Bertz CT molecular complexity index is 649. The third-order valence-corrected chi connectivity index (χ3v) is 3.08. The lowest BCUT2D eigenvalue weighted by atomic mass is 10.2. The van der Waals surface area contributed by atoms with Crippen molar-refractivity contribution < 1.29 is 24.2 Å². The molecule has 2 rings (SSSR count). The van der Waals surface area contributed by atoms with Crippen LogP contribution in [0.25, 0.3) is 0 Å². The summed E-state index contributed by atoms with van der Waals surface area (Å²) in [7, 11) is 0. The summed E-state index contributed by atoms with van der Waals surface area (Å²) in [6.45, 7) is 3.20. The number of carbonyl (C=O) groups is 3. The number of rotatable bonds is 6. The molecule has 1 aliphatic heterocycles. The zero-order valence-corrected chi connectivity index (χ0v) is 12.9. The molecule has 7 nitrogen and oxygen atoms in total. The number of esters is 1. The summed E-state index contributed by atoms with van der Waals surface area (Å²) in [5.41, 5.74) is 1.08. The van der Waals surface area contributed by atoms with Gasteiger partial charge in [0.15, 0.2) is 0 Å². The van der Waals surface area contributed by atoms with Crippen LogP contribution in [0.2, 0.25) is 0 Å². The molecule has 1 aliphatic rings. The monoisotopic (exact) mass is 318 g/mol. The average molecular weight is 318 g/mol. The molecule has 23 heavy (non-hydrogen) atoms. The number of imide groups is 1.